The first-order valence-corrected chi connectivity index (χ1v) is 6.13. The van der Waals surface area contributed by atoms with E-state index in [-0.39, 0.29) is 5.91 Å². The maximum Gasteiger partial charge on any atom is 0.229 e. The Labute approximate surface area is 95.5 Å². The topological polar surface area (TPSA) is 29.1 Å². The van der Waals surface area contributed by atoms with Gasteiger partial charge in [-0.1, -0.05) is 23.8 Å². The summed E-state index contributed by atoms with van der Waals surface area (Å²) in [4.78, 5) is 11.0. The van der Waals surface area contributed by atoms with Crippen LogP contribution in [0.5, 0.6) is 0 Å². The summed E-state index contributed by atoms with van der Waals surface area (Å²) < 4.78 is 0. The largest absolute Gasteiger partial charge is 0.358 e. The number of amides is 1. The van der Waals surface area contributed by atoms with E-state index in [9.17, 15) is 4.79 Å². The quantitative estimate of drug-likeness (QED) is 0.848. The van der Waals surface area contributed by atoms with Crippen molar-refractivity contribution in [3.8, 4) is 0 Å². The van der Waals surface area contributed by atoms with E-state index in [0.717, 1.165) is 5.75 Å². The molecule has 0 aliphatic rings. The van der Waals surface area contributed by atoms with Gasteiger partial charge in [-0.3, -0.25) is 4.79 Å². The molecule has 1 aromatic carbocycles. The normalized spacial score (nSPS) is 10.1. The Bertz CT molecular complexity index is 349. The van der Waals surface area contributed by atoms with Crippen molar-refractivity contribution >= 4 is 17.7 Å². The third-order valence-electron chi connectivity index (χ3n) is 2.27. The van der Waals surface area contributed by atoms with Crippen LogP contribution in [0.25, 0.3) is 0 Å². The molecule has 0 aromatic heterocycles. The van der Waals surface area contributed by atoms with Crippen LogP contribution in [0.1, 0.15) is 16.7 Å². The number of carbonyl (C=O) groups excluding carboxylic acids is 1. The van der Waals surface area contributed by atoms with Crippen molar-refractivity contribution in [3.05, 3.63) is 34.9 Å². The van der Waals surface area contributed by atoms with Gasteiger partial charge in [0.2, 0.25) is 5.91 Å². The van der Waals surface area contributed by atoms with Crippen molar-refractivity contribution in [2.45, 2.75) is 19.6 Å². The molecule has 3 heteroatoms. The Kier molecular flexibility index (Phi) is 4.69. The Balaban J connectivity index is 2.50. The van der Waals surface area contributed by atoms with Gasteiger partial charge < -0.3 is 5.32 Å². The van der Waals surface area contributed by atoms with E-state index in [0.29, 0.717) is 5.75 Å². The molecule has 1 N–H and O–H groups in total. The Morgan fingerprint density at radius 3 is 2.80 bits per heavy atom. The highest BCUT2D eigenvalue weighted by Gasteiger charge is 2.01. The number of rotatable bonds is 4. The molecular formula is C12H17NOS. The standard InChI is InChI=1S/C12H17NOS/c1-9-4-5-10(2)11(6-9)7-15-8-12(14)13-3/h4-6H,7-8H2,1-3H3,(H,13,14). The number of aryl methyl sites for hydroxylation is 2. The second kappa shape index (κ2) is 5.81. The van der Waals surface area contributed by atoms with Crippen LogP contribution in [0, 0.1) is 13.8 Å². The van der Waals surface area contributed by atoms with Crippen molar-refractivity contribution in [3.63, 3.8) is 0 Å². The SMILES string of the molecule is CNC(=O)CSCc1cc(C)ccc1C. The van der Waals surface area contributed by atoms with Gasteiger partial charge in [0.15, 0.2) is 0 Å². The third kappa shape index (κ3) is 3.96. The van der Waals surface area contributed by atoms with Gasteiger partial charge in [0, 0.05) is 12.8 Å². The highest BCUT2D eigenvalue weighted by Crippen LogP contribution is 2.17. The summed E-state index contributed by atoms with van der Waals surface area (Å²) in [6.45, 7) is 4.20. The van der Waals surface area contributed by atoms with E-state index in [4.69, 9.17) is 0 Å². The zero-order chi connectivity index (χ0) is 11.3. The number of hydrogen-bond acceptors (Lipinski definition) is 2. The van der Waals surface area contributed by atoms with Crippen LogP contribution in [0.15, 0.2) is 18.2 Å². The van der Waals surface area contributed by atoms with E-state index in [1.54, 1.807) is 18.8 Å². The van der Waals surface area contributed by atoms with E-state index in [2.05, 4.69) is 37.4 Å². The summed E-state index contributed by atoms with van der Waals surface area (Å²) >= 11 is 1.65. The lowest BCUT2D eigenvalue weighted by molar-refractivity contribution is -0.118. The van der Waals surface area contributed by atoms with E-state index >= 15 is 0 Å². The van der Waals surface area contributed by atoms with Crippen molar-refractivity contribution in [2.75, 3.05) is 12.8 Å². The molecule has 0 aliphatic carbocycles. The van der Waals surface area contributed by atoms with Crippen LogP contribution in [-0.4, -0.2) is 18.7 Å². The van der Waals surface area contributed by atoms with Crippen LogP contribution in [-0.2, 0) is 10.5 Å². The van der Waals surface area contributed by atoms with Gasteiger partial charge in [-0.15, -0.1) is 11.8 Å². The molecule has 0 bridgehead atoms. The highest BCUT2D eigenvalue weighted by atomic mass is 32.2. The third-order valence-corrected chi connectivity index (χ3v) is 3.26. The number of benzene rings is 1. The first-order valence-electron chi connectivity index (χ1n) is 4.98. The summed E-state index contributed by atoms with van der Waals surface area (Å²) in [5.41, 5.74) is 3.89. The molecule has 1 rings (SSSR count). The van der Waals surface area contributed by atoms with E-state index < -0.39 is 0 Å². The van der Waals surface area contributed by atoms with E-state index in [1.165, 1.54) is 16.7 Å². The molecule has 0 unspecified atom stereocenters. The zero-order valence-electron chi connectivity index (χ0n) is 9.46. The maximum absolute atomic E-state index is 11.0. The lowest BCUT2D eigenvalue weighted by Gasteiger charge is -2.06. The first kappa shape index (κ1) is 12.1. The molecule has 0 radical (unpaired) electrons. The van der Waals surface area contributed by atoms with Crippen LogP contribution in [0.3, 0.4) is 0 Å². The number of nitrogens with one attached hydrogen (secondary N) is 1. The van der Waals surface area contributed by atoms with Crippen molar-refractivity contribution in [2.24, 2.45) is 0 Å². The van der Waals surface area contributed by atoms with Crippen LogP contribution < -0.4 is 5.32 Å². The fraction of sp³-hybridized carbons (Fsp3) is 0.417. The van der Waals surface area contributed by atoms with Gasteiger partial charge in [-0.05, 0) is 25.0 Å². The van der Waals surface area contributed by atoms with Gasteiger partial charge in [0.05, 0.1) is 5.75 Å². The molecule has 15 heavy (non-hydrogen) atoms. The molecular weight excluding hydrogens is 206 g/mol. The first-order chi connectivity index (χ1) is 7.13. The Morgan fingerprint density at radius 2 is 2.13 bits per heavy atom. The fourth-order valence-corrected chi connectivity index (χ4v) is 2.24. The van der Waals surface area contributed by atoms with Crippen molar-refractivity contribution < 1.29 is 4.79 Å². The predicted octanol–water partition coefficient (Wildman–Crippen LogP) is 2.28. The summed E-state index contributed by atoms with van der Waals surface area (Å²) in [6.07, 6.45) is 0. The average Bonchev–Trinajstić information content (AvgIpc) is 2.23. The van der Waals surface area contributed by atoms with Crippen LogP contribution in [0.2, 0.25) is 0 Å². The molecule has 0 spiro atoms. The van der Waals surface area contributed by atoms with Gasteiger partial charge in [0.25, 0.3) is 0 Å². The van der Waals surface area contributed by atoms with Crippen LogP contribution in [0.4, 0.5) is 0 Å². The summed E-state index contributed by atoms with van der Waals surface area (Å²) in [5, 5.41) is 2.62. The smallest absolute Gasteiger partial charge is 0.229 e. The second-order valence-electron chi connectivity index (χ2n) is 3.60. The molecule has 0 aliphatic heterocycles. The molecule has 0 saturated carbocycles. The average molecular weight is 223 g/mol. The Hall–Kier alpha value is -0.960. The lowest BCUT2D eigenvalue weighted by atomic mass is 10.1. The van der Waals surface area contributed by atoms with E-state index in [1.807, 2.05) is 0 Å². The molecule has 0 fully saturated rings. The minimum atomic E-state index is 0.0882. The highest BCUT2D eigenvalue weighted by molar-refractivity contribution is 7.99. The second-order valence-corrected chi connectivity index (χ2v) is 4.58. The molecule has 82 valence electrons. The summed E-state index contributed by atoms with van der Waals surface area (Å²) in [7, 11) is 1.67. The molecule has 0 saturated heterocycles. The van der Waals surface area contributed by atoms with Crippen molar-refractivity contribution in [1.29, 1.82) is 0 Å². The summed E-state index contributed by atoms with van der Waals surface area (Å²) in [6, 6.07) is 6.43. The molecule has 1 aromatic rings. The zero-order valence-corrected chi connectivity index (χ0v) is 10.3. The fourth-order valence-electron chi connectivity index (χ4n) is 1.28. The molecule has 2 nitrogen and oxygen atoms in total. The lowest BCUT2D eigenvalue weighted by Crippen LogP contribution is -2.19. The minimum absolute atomic E-state index is 0.0882. The predicted molar refractivity (Wildman–Crippen MR) is 66.1 cm³/mol. The minimum Gasteiger partial charge on any atom is -0.358 e. The molecule has 0 atom stereocenters. The molecule has 1 amide bonds. The maximum atomic E-state index is 11.0. The van der Waals surface area contributed by atoms with Gasteiger partial charge in [-0.25, -0.2) is 0 Å². The number of hydrogen-bond donors (Lipinski definition) is 1. The Morgan fingerprint density at radius 1 is 1.40 bits per heavy atom. The van der Waals surface area contributed by atoms with Gasteiger partial charge in [0.1, 0.15) is 0 Å². The molecule has 0 heterocycles. The van der Waals surface area contributed by atoms with Crippen molar-refractivity contribution in [1.82, 2.24) is 5.32 Å². The summed E-state index contributed by atoms with van der Waals surface area (Å²) in [5.74, 6) is 1.52. The number of thioether (sulfide) groups is 1. The monoisotopic (exact) mass is 223 g/mol. The van der Waals surface area contributed by atoms with Crippen LogP contribution >= 0.6 is 11.8 Å². The van der Waals surface area contributed by atoms with Gasteiger partial charge in [-0.2, -0.15) is 0 Å². The number of carbonyl (C=O) groups is 1. The van der Waals surface area contributed by atoms with Gasteiger partial charge >= 0.3 is 0 Å².